The summed E-state index contributed by atoms with van der Waals surface area (Å²) in [5, 5.41) is 3.44. The van der Waals surface area contributed by atoms with E-state index < -0.39 is 0 Å². The normalized spacial score (nSPS) is 26.4. The van der Waals surface area contributed by atoms with Gasteiger partial charge in [0.25, 0.3) is 0 Å². The molecule has 6 heteroatoms. The summed E-state index contributed by atoms with van der Waals surface area (Å²) in [5.74, 6) is 0. The van der Waals surface area contributed by atoms with E-state index in [0.717, 1.165) is 6.04 Å². The molecule has 100 valence electrons. The van der Waals surface area contributed by atoms with Gasteiger partial charge in [-0.2, -0.15) is 0 Å². The Bertz CT molecular complexity index is 157. The molecular weight excluding hydrogens is 268 g/mol. The highest BCUT2D eigenvalue weighted by Gasteiger charge is 2.25. The highest BCUT2D eigenvalue weighted by atomic mass is 35.5. The third-order valence-electron chi connectivity index (χ3n) is 3.40. The zero-order valence-corrected chi connectivity index (χ0v) is 12.3. The van der Waals surface area contributed by atoms with Gasteiger partial charge in [0, 0.05) is 38.8 Å². The number of hydrogen-bond donors (Lipinski definition) is 1. The van der Waals surface area contributed by atoms with Crippen LogP contribution in [0.4, 0.5) is 0 Å². The van der Waals surface area contributed by atoms with Gasteiger partial charge in [-0.15, -0.1) is 37.2 Å². The van der Waals surface area contributed by atoms with Crippen molar-refractivity contribution in [3.63, 3.8) is 0 Å². The number of nitrogens with zero attached hydrogens (tertiary/aromatic N) is 2. The lowest BCUT2D eigenvalue weighted by molar-refractivity contribution is 0.106. The summed E-state index contributed by atoms with van der Waals surface area (Å²) in [6, 6.07) is 0.832. The molecule has 0 aromatic rings. The van der Waals surface area contributed by atoms with Crippen LogP contribution in [-0.4, -0.2) is 61.7 Å². The third-order valence-corrected chi connectivity index (χ3v) is 3.40. The van der Waals surface area contributed by atoms with Crippen molar-refractivity contribution < 1.29 is 0 Å². The van der Waals surface area contributed by atoms with E-state index in [1.54, 1.807) is 0 Å². The molecule has 3 nitrogen and oxygen atoms in total. The molecule has 2 aliphatic heterocycles. The van der Waals surface area contributed by atoms with Gasteiger partial charge in [-0.05, 0) is 19.5 Å². The summed E-state index contributed by atoms with van der Waals surface area (Å²) in [5.41, 5.74) is 0. The highest BCUT2D eigenvalue weighted by molar-refractivity contribution is 5.86. The highest BCUT2D eigenvalue weighted by Crippen LogP contribution is 2.11. The Morgan fingerprint density at radius 1 is 1.06 bits per heavy atom. The SMILES string of the molecule is CCN1CCN([C@H]2CCNC2)CC1.Cl.Cl.Cl. The standard InChI is InChI=1S/C10H21N3.3ClH/c1-2-12-5-7-13(8-6-12)10-3-4-11-9-10;;;/h10-11H,2-9H2,1H3;3*1H/t10-;;;/m0.../s1. The van der Waals surface area contributed by atoms with Crippen LogP contribution in [0, 0.1) is 0 Å². The summed E-state index contributed by atoms with van der Waals surface area (Å²) in [4.78, 5) is 5.20. The molecule has 0 amide bonds. The molecular formula is C10H24Cl3N3. The molecule has 0 radical (unpaired) electrons. The first-order valence-electron chi connectivity index (χ1n) is 5.57. The van der Waals surface area contributed by atoms with Crippen LogP contribution >= 0.6 is 37.2 Å². The van der Waals surface area contributed by atoms with Crippen LogP contribution in [0.1, 0.15) is 13.3 Å². The van der Waals surface area contributed by atoms with Gasteiger partial charge >= 0.3 is 0 Å². The molecule has 1 N–H and O–H groups in total. The Labute approximate surface area is 118 Å². The minimum Gasteiger partial charge on any atom is -0.315 e. The number of nitrogens with one attached hydrogen (secondary N) is 1. The van der Waals surface area contributed by atoms with E-state index >= 15 is 0 Å². The summed E-state index contributed by atoms with van der Waals surface area (Å²) in [6.45, 7) is 11.0. The van der Waals surface area contributed by atoms with Gasteiger partial charge in [-0.3, -0.25) is 4.90 Å². The van der Waals surface area contributed by atoms with E-state index in [9.17, 15) is 0 Å². The van der Waals surface area contributed by atoms with Gasteiger partial charge in [0.05, 0.1) is 0 Å². The molecule has 2 rings (SSSR count). The van der Waals surface area contributed by atoms with Crippen LogP contribution in [-0.2, 0) is 0 Å². The summed E-state index contributed by atoms with van der Waals surface area (Å²) < 4.78 is 0. The van der Waals surface area contributed by atoms with Crippen LogP contribution in [0.25, 0.3) is 0 Å². The Morgan fingerprint density at radius 3 is 2.12 bits per heavy atom. The van der Waals surface area contributed by atoms with Crippen molar-refractivity contribution in [3.8, 4) is 0 Å². The van der Waals surface area contributed by atoms with Crippen molar-refractivity contribution in [1.82, 2.24) is 15.1 Å². The predicted octanol–water partition coefficient (Wildman–Crippen LogP) is 1.25. The lowest BCUT2D eigenvalue weighted by Crippen LogP contribution is -2.50. The molecule has 0 aromatic carbocycles. The van der Waals surface area contributed by atoms with Gasteiger partial charge in [0.15, 0.2) is 0 Å². The minimum absolute atomic E-state index is 0. The first kappa shape index (κ1) is 19.1. The molecule has 2 saturated heterocycles. The van der Waals surface area contributed by atoms with E-state index in [2.05, 4.69) is 22.0 Å². The Morgan fingerprint density at radius 2 is 1.69 bits per heavy atom. The number of rotatable bonds is 2. The predicted molar refractivity (Wildman–Crippen MR) is 76.7 cm³/mol. The monoisotopic (exact) mass is 291 g/mol. The first-order chi connectivity index (χ1) is 6.40. The molecule has 2 heterocycles. The fourth-order valence-corrected chi connectivity index (χ4v) is 2.40. The van der Waals surface area contributed by atoms with E-state index in [-0.39, 0.29) is 37.2 Å². The topological polar surface area (TPSA) is 18.5 Å². The van der Waals surface area contributed by atoms with Crippen LogP contribution < -0.4 is 5.32 Å². The Hall–Kier alpha value is 0.750. The van der Waals surface area contributed by atoms with Gasteiger partial charge < -0.3 is 10.2 Å². The van der Waals surface area contributed by atoms with Crippen LogP contribution in [0.5, 0.6) is 0 Å². The van der Waals surface area contributed by atoms with Gasteiger partial charge in [0.2, 0.25) is 0 Å². The largest absolute Gasteiger partial charge is 0.315 e. The molecule has 16 heavy (non-hydrogen) atoms. The maximum Gasteiger partial charge on any atom is 0.0233 e. The van der Waals surface area contributed by atoms with Crippen LogP contribution in [0.3, 0.4) is 0 Å². The maximum absolute atomic E-state index is 3.44. The van der Waals surface area contributed by atoms with E-state index in [0.29, 0.717) is 0 Å². The van der Waals surface area contributed by atoms with Crippen molar-refractivity contribution >= 4 is 37.2 Å². The first-order valence-corrected chi connectivity index (χ1v) is 5.57. The Balaban J connectivity index is 0. The molecule has 0 saturated carbocycles. The lowest BCUT2D eigenvalue weighted by atomic mass is 10.2. The van der Waals surface area contributed by atoms with Crippen LogP contribution in [0.2, 0.25) is 0 Å². The summed E-state index contributed by atoms with van der Waals surface area (Å²) >= 11 is 0. The van der Waals surface area contributed by atoms with Crippen molar-refractivity contribution in [3.05, 3.63) is 0 Å². The fourth-order valence-electron chi connectivity index (χ4n) is 2.40. The lowest BCUT2D eigenvalue weighted by Gasteiger charge is -2.37. The number of hydrogen-bond acceptors (Lipinski definition) is 3. The van der Waals surface area contributed by atoms with Crippen molar-refractivity contribution in [1.29, 1.82) is 0 Å². The average molecular weight is 293 g/mol. The number of piperazine rings is 1. The van der Waals surface area contributed by atoms with Crippen LogP contribution in [0.15, 0.2) is 0 Å². The molecule has 0 aromatic heterocycles. The van der Waals surface area contributed by atoms with Crippen molar-refractivity contribution in [2.75, 3.05) is 45.8 Å². The number of likely N-dealkylation sites (N-methyl/N-ethyl adjacent to an activating group) is 1. The second-order valence-corrected chi connectivity index (χ2v) is 4.12. The molecule has 2 fully saturated rings. The fraction of sp³-hybridized carbons (Fsp3) is 1.00. The molecule has 0 aliphatic carbocycles. The minimum atomic E-state index is 0. The summed E-state index contributed by atoms with van der Waals surface area (Å²) in [7, 11) is 0. The maximum atomic E-state index is 3.44. The molecule has 0 unspecified atom stereocenters. The third kappa shape index (κ3) is 4.94. The molecule has 1 atom stereocenters. The average Bonchev–Trinajstić information content (AvgIpc) is 2.71. The quantitative estimate of drug-likeness (QED) is 0.826. The second-order valence-electron chi connectivity index (χ2n) is 4.12. The van der Waals surface area contributed by atoms with E-state index in [4.69, 9.17) is 0 Å². The van der Waals surface area contributed by atoms with Crippen molar-refractivity contribution in [2.24, 2.45) is 0 Å². The zero-order valence-electron chi connectivity index (χ0n) is 9.85. The van der Waals surface area contributed by atoms with E-state index in [1.165, 1.54) is 52.2 Å². The smallest absolute Gasteiger partial charge is 0.0233 e. The van der Waals surface area contributed by atoms with E-state index in [1.807, 2.05) is 0 Å². The molecule has 0 spiro atoms. The second kappa shape index (κ2) is 9.75. The van der Waals surface area contributed by atoms with Gasteiger partial charge in [-0.1, -0.05) is 6.92 Å². The van der Waals surface area contributed by atoms with Crippen molar-refractivity contribution in [2.45, 2.75) is 19.4 Å². The van der Waals surface area contributed by atoms with Gasteiger partial charge in [-0.25, -0.2) is 0 Å². The Kier molecular flexibility index (Phi) is 11.6. The molecule has 0 bridgehead atoms. The zero-order chi connectivity index (χ0) is 9.10. The molecule has 2 aliphatic rings. The van der Waals surface area contributed by atoms with Gasteiger partial charge in [0.1, 0.15) is 0 Å². The summed E-state index contributed by atoms with van der Waals surface area (Å²) in [6.07, 6.45) is 1.35. The number of halogens is 3.